The van der Waals surface area contributed by atoms with Crippen LogP contribution in [-0.4, -0.2) is 12.1 Å². The summed E-state index contributed by atoms with van der Waals surface area (Å²) in [6, 6.07) is 5.50. The normalized spacial score (nSPS) is 11.2. The molecule has 0 bridgehead atoms. The molecule has 3 rings (SSSR count). The fourth-order valence-electron chi connectivity index (χ4n) is 1.91. The predicted octanol–water partition coefficient (Wildman–Crippen LogP) is 3.40. The Labute approximate surface area is 106 Å². The first-order chi connectivity index (χ1) is 8.20. The molecule has 0 fully saturated rings. The molecule has 17 heavy (non-hydrogen) atoms. The summed E-state index contributed by atoms with van der Waals surface area (Å²) in [5.74, 6) is 0.682. The molecule has 0 aliphatic rings. The Bertz CT molecular complexity index is 775. The van der Waals surface area contributed by atoms with Crippen LogP contribution < -0.4 is 10.3 Å². The van der Waals surface area contributed by atoms with Crippen molar-refractivity contribution in [1.82, 2.24) is 4.98 Å². The zero-order chi connectivity index (χ0) is 12.0. The Morgan fingerprint density at radius 3 is 2.94 bits per heavy atom. The van der Waals surface area contributed by atoms with E-state index in [9.17, 15) is 4.79 Å². The van der Waals surface area contributed by atoms with Crippen molar-refractivity contribution in [2.75, 3.05) is 7.11 Å². The van der Waals surface area contributed by atoms with Gasteiger partial charge in [-0.3, -0.25) is 4.79 Å². The second-order valence-corrected chi connectivity index (χ2v) is 4.97. The molecule has 1 N–H and O–H groups in total. The van der Waals surface area contributed by atoms with Crippen LogP contribution in [0.1, 0.15) is 0 Å². The molecular weight excluding hydrogens is 258 g/mol. The lowest BCUT2D eigenvalue weighted by Crippen LogP contribution is -2.04. The average Bonchev–Trinajstić information content (AvgIpc) is 2.80. The predicted molar refractivity (Wildman–Crippen MR) is 71.5 cm³/mol. The number of halogens is 1. The van der Waals surface area contributed by atoms with Crippen LogP contribution in [0.25, 0.3) is 21.0 Å². The maximum Gasteiger partial charge on any atom is 0.266 e. The van der Waals surface area contributed by atoms with Gasteiger partial charge in [-0.1, -0.05) is 11.6 Å². The fraction of sp³-hybridized carbons (Fsp3) is 0.0833. The van der Waals surface area contributed by atoms with E-state index in [0.717, 1.165) is 10.8 Å². The number of rotatable bonds is 1. The topological polar surface area (TPSA) is 42.1 Å². The largest absolute Gasteiger partial charge is 0.497 e. The van der Waals surface area contributed by atoms with Gasteiger partial charge in [0.25, 0.3) is 5.56 Å². The third kappa shape index (κ3) is 1.52. The highest BCUT2D eigenvalue weighted by Gasteiger charge is 2.10. The molecule has 0 saturated carbocycles. The van der Waals surface area contributed by atoms with Gasteiger partial charge < -0.3 is 9.72 Å². The zero-order valence-electron chi connectivity index (χ0n) is 8.91. The van der Waals surface area contributed by atoms with Gasteiger partial charge >= 0.3 is 0 Å². The molecule has 2 heterocycles. The van der Waals surface area contributed by atoms with E-state index in [2.05, 4.69) is 4.98 Å². The molecular formula is C12H8ClNO2S. The number of aromatic nitrogens is 1. The molecule has 0 atom stereocenters. The van der Waals surface area contributed by atoms with E-state index in [-0.39, 0.29) is 5.56 Å². The molecule has 3 nitrogen and oxygen atoms in total. The van der Waals surface area contributed by atoms with E-state index in [1.54, 1.807) is 13.2 Å². The smallest absolute Gasteiger partial charge is 0.266 e. The summed E-state index contributed by atoms with van der Waals surface area (Å²) in [6.07, 6.45) is 0. The molecule has 2 aromatic heterocycles. The van der Waals surface area contributed by atoms with Gasteiger partial charge in [-0.05, 0) is 17.5 Å². The first kappa shape index (κ1) is 10.6. The Morgan fingerprint density at radius 2 is 2.18 bits per heavy atom. The molecule has 0 spiro atoms. The van der Waals surface area contributed by atoms with Gasteiger partial charge in [0.1, 0.15) is 10.4 Å². The lowest BCUT2D eigenvalue weighted by Gasteiger charge is -2.05. The number of benzene rings is 1. The van der Waals surface area contributed by atoms with E-state index >= 15 is 0 Å². The van der Waals surface area contributed by atoms with Gasteiger partial charge in [0.05, 0.1) is 17.6 Å². The highest BCUT2D eigenvalue weighted by Crippen LogP contribution is 2.32. The fourth-order valence-corrected chi connectivity index (χ4v) is 2.97. The number of ether oxygens (including phenoxy) is 1. The van der Waals surface area contributed by atoms with Gasteiger partial charge in [-0.15, -0.1) is 11.3 Å². The molecule has 1 aromatic carbocycles. The molecule has 0 amide bonds. The van der Waals surface area contributed by atoms with Crippen molar-refractivity contribution in [3.63, 3.8) is 0 Å². The molecule has 0 saturated heterocycles. The second kappa shape index (κ2) is 3.75. The quantitative estimate of drug-likeness (QED) is 0.733. The average molecular weight is 266 g/mol. The molecule has 0 aliphatic carbocycles. The number of hydrogen-bond acceptors (Lipinski definition) is 3. The van der Waals surface area contributed by atoms with E-state index in [4.69, 9.17) is 16.3 Å². The number of nitrogens with one attached hydrogen (secondary N) is 1. The summed E-state index contributed by atoms with van der Waals surface area (Å²) >= 11 is 7.55. The Morgan fingerprint density at radius 1 is 1.35 bits per heavy atom. The molecule has 0 aliphatic heterocycles. The Kier molecular flexibility index (Phi) is 2.34. The van der Waals surface area contributed by atoms with Crippen LogP contribution in [0.5, 0.6) is 5.75 Å². The van der Waals surface area contributed by atoms with Crippen LogP contribution in [0, 0.1) is 0 Å². The van der Waals surface area contributed by atoms with Crippen molar-refractivity contribution in [1.29, 1.82) is 0 Å². The number of aromatic amines is 1. The summed E-state index contributed by atoms with van der Waals surface area (Å²) in [7, 11) is 1.59. The van der Waals surface area contributed by atoms with Gasteiger partial charge in [0.2, 0.25) is 0 Å². The van der Waals surface area contributed by atoms with E-state index in [0.29, 0.717) is 21.0 Å². The monoisotopic (exact) mass is 265 g/mol. The molecule has 3 aromatic rings. The van der Waals surface area contributed by atoms with Crippen molar-refractivity contribution >= 4 is 43.9 Å². The van der Waals surface area contributed by atoms with Crippen molar-refractivity contribution in [2.24, 2.45) is 0 Å². The molecule has 0 radical (unpaired) electrons. The van der Waals surface area contributed by atoms with Crippen LogP contribution >= 0.6 is 22.9 Å². The van der Waals surface area contributed by atoms with Gasteiger partial charge in [-0.25, -0.2) is 0 Å². The van der Waals surface area contributed by atoms with Crippen LogP contribution in [0.4, 0.5) is 0 Å². The number of hydrogen-bond donors (Lipinski definition) is 1. The Balaban J connectivity index is 2.60. The third-order valence-electron chi connectivity index (χ3n) is 2.70. The van der Waals surface area contributed by atoms with Gasteiger partial charge in [0, 0.05) is 16.8 Å². The SMILES string of the molecule is COc1cc(Cl)c2[nH]c(=O)c3sccc3c2c1. The molecule has 0 unspecified atom stereocenters. The van der Waals surface area contributed by atoms with E-state index < -0.39 is 0 Å². The summed E-state index contributed by atoms with van der Waals surface area (Å²) in [6.45, 7) is 0. The molecule has 86 valence electrons. The van der Waals surface area contributed by atoms with Crippen molar-refractivity contribution in [3.05, 3.63) is 39.0 Å². The minimum Gasteiger partial charge on any atom is -0.497 e. The number of H-pyrrole nitrogens is 1. The summed E-state index contributed by atoms with van der Waals surface area (Å²) in [5, 5.41) is 4.21. The number of pyridine rings is 1. The van der Waals surface area contributed by atoms with Crippen LogP contribution in [-0.2, 0) is 0 Å². The first-order valence-electron chi connectivity index (χ1n) is 4.97. The van der Waals surface area contributed by atoms with Crippen LogP contribution in [0.15, 0.2) is 28.4 Å². The second-order valence-electron chi connectivity index (χ2n) is 3.65. The van der Waals surface area contributed by atoms with Crippen molar-refractivity contribution in [3.8, 4) is 5.75 Å². The maximum atomic E-state index is 11.8. The van der Waals surface area contributed by atoms with Crippen LogP contribution in [0.2, 0.25) is 5.02 Å². The molecule has 5 heteroatoms. The highest BCUT2D eigenvalue weighted by molar-refractivity contribution is 7.17. The van der Waals surface area contributed by atoms with E-state index in [1.807, 2.05) is 17.5 Å². The number of thiophene rings is 1. The van der Waals surface area contributed by atoms with Crippen molar-refractivity contribution < 1.29 is 4.74 Å². The maximum absolute atomic E-state index is 11.8. The van der Waals surface area contributed by atoms with Gasteiger partial charge in [0.15, 0.2) is 0 Å². The highest BCUT2D eigenvalue weighted by atomic mass is 35.5. The standard InChI is InChI=1S/C12H8ClNO2S/c1-16-6-4-8-7-2-3-17-11(7)12(15)14-10(8)9(13)5-6/h2-5H,1H3,(H,14,15). The zero-order valence-corrected chi connectivity index (χ0v) is 10.5. The van der Waals surface area contributed by atoms with Crippen LogP contribution in [0.3, 0.4) is 0 Å². The Hall–Kier alpha value is -1.52. The van der Waals surface area contributed by atoms with E-state index in [1.165, 1.54) is 11.3 Å². The first-order valence-corrected chi connectivity index (χ1v) is 6.23. The minimum absolute atomic E-state index is 0.102. The summed E-state index contributed by atoms with van der Waals surface area (Å²) in [4.78, 5) is 14.6. The lowest BCUT2D eigenvalue weighted by atomic mass is 10.1. The lowest BCUT2D eigenvalue weighted by molar-refractivity contribution is 0.415. The summed E-state index contributed by atoms with van der Waals surface area (Å²) < 4.78 is 5.90. The summed E-state index contributed by atoms with van der Waals surface area (Å²) in [5.41, 5.74) is 0.554. The van der Waals surface area contributed by atoms with Crippen molar-refractivity contribution in [2.45, 2.75) is 0 Å². The minimum atomic E-state index is -0.102. The third-order valence-corrected chi connectivity index (χ3v) is 3.91. The van der Waals surface area contributed by atoms with Gasteiger partial charge in [-0.2, -0.15) is 0 Å². The number of methoxy groups -OCH3 is 1. The number of fused-ring (bicyclic) bond motifs is 3.